The zero-order chi connectivity index (χ0) is 36.0. The molecule has 0 amide bonds. The second-order valence-electron chi connectivity index (χ2n) is 14.5. The van der Waals surface area contributed by atoms with Gasteiger partial charge in [-0.25, -0.2) is 0 Å². The molecule has 0 radical (unpaired) electrons. The van der Waals surface area contributed by atoms with Crippen LogP contribution in [0.3, 0.4) is 0 Å². The third kappa shape index (κ3) is 4.57. The number of para-hydroxylation sites is 3. The van der Waals surface area contributed by atoms with E-state index in [1.807, 2.05) is 11.8 Å². The van der Waals surface area contributed by atoms with Crippen molar-refractivity contribution in [1.29, 1.82) is 0 Å². The maximum Gasteiger partial charge on any atom is 0.0553 e. The van der Waals surface area contributed by atoms with Gasteiger partial charge in [-0.15, -0.1) is 0 Å². The Morgan fingerprint density at radius 3 is 1.69 bits per heavy atom. The minimum Gasteiger partial charge on any atom is -0.309 e. The zero-order valence-electron chi connectivity index (χ0n) is 29.8. The molecule has 0 spiro atoms. The SMILES string of the molecule is c1ccc(-c2ccc(-n3c4ccccc4c4c5cccc6c5c(cc43)-c3ccc(-c4ccc5c7ccccc7n(-c7ccccc7)c5c4)cc3S6)cc2)cc1. The van der Waals surface area contributed by atoms with Crippen molar-refractivity contribution in [3.05, 3.63) is 194 Å². The fourth-order valence-electron chi connectivity index (χ4n) is 9.05. The van der Waals surface area contributed by atoms with E-state index in [1.54, 1.807) is 0 Å². The largest absolute Gasteiger partial charge is 0.309 e. The maximum atomic E-state index is 2.46. The van der Waals surface area contributed by atoms with Crippen molar-refractivity contribution < 1.29 is 0 Å². The van der Waals surface area contributed by atoms with E-state index in [1.165, 1.54) is 103 Å². The highest BCUT2D eigenvalue weighted by Crippen LogP contribution is 2.52. The number of nitrogens with zero attached hydrogens (tertiary/aromatic N) is 2. The predicted molar refractivity (Wildman–Crippen MR) is 233 cm³/mol. The number of hydrogen-bond acceptors (Lipinski definition) is 1. The summed E-state index contributed by atoms with van der Waals surface area (Å²) in [5.74, 6) is 0. The lowest BCUT2D eigenvalue weighted by molar-refractivity contribution is 1.18. The first-order chi connectivity index (χ1) is 27.3. The molecular weight excluding hydrogens is 685 g/mol. The molecule has 2 aromatic heterocycles. The minimum absolute atomic E-state index is 1.16. The van der Waals surface area contributed by atoms with E-state index < -0.39 is 0 Å². The Morgan fingerprint density at radius 1 is 0.291 bits per heavy atom. The molecule has 12 rings (SSSR count). The summed E-state index contributed by atoms with van der Waals surface area (Å²) in [4.78, 5) is 2.60. The first kappa shape index (κ1) is 30.6. The molecule has 0 aliphatic carbocycles. The van der Waals surface area contributed by atoms with Gasteiger partial charge in [-0.2, -0.15) is 0 Å². The predicted octanol–water partition coefficient (Wildman–Crippen LogP) is 14.5. The molecule has 1 aliphatic heterocycles. The average Bonchev–Trinajstić information content (AvgIpc) is 3.77. The summed E-state index contributed by atoms with van der Waals surface area (Å²) < 4.78 is 4.86. The monoisotopic (exact) mass is 716 g/mol. The summed E-state index contributed by atoms with van der Waals surface area (Å²) in [5.41, 5.74) is 14.7. The van der Waals surface area contributed by atoms with Crippen LogP contribution in [-0.4, -0.2) is 9.13 Å². The normalized spacial score (nSPS) is 12.3. The fraction of sp³-hybridized carbons (Fsp3) is 0. The van der Waals surface area contributed by atoms with Crippen molar-refractivity contribution in [2.45, 2.75) is 9.79 Å². The first-order valence-electron chi connectivity index (χ1n) is 18.8. The second kappa shape index (κ2) is 11.8. The highest BCUT2D eigenvalue weighted by atomic mass is 32.2. The molecule has 55 heavy (non-hydrogen) atoms. The first-order valence-corrected chi connectivity index (χ1v) is 19.7. The Kier molecular flexibility index (Phi) is 6.60. The molecule has 0 saturated carbocycles. The molecule has 0 unspecified atom stereocenters. The molecule has 11 aromatic rings. The van der Waals surface area contributed by atoms with Crippen molar-refractivity contribution >= 4 is 66.1 Å². The van der Waals surface area contributed by atoms with Gasteiger partial charge < -0.3 is 9.13 Å². The van der Waals surface area contributed by atoms with Gasteiger partial charge in [0, 0.05) is 48.1 Å². The summed E-state index contributed by atoms with van der Waals surface area (Å²) in [5, 5.41) is 7.78. The summed E-state index contributed by atoms with van der Waals surface area (Å²) in [6, 6.07) is 71.3. The average molecular weight is 717 g/mol. The summed E-state index contributed by atoms with van der Waals surface area (Å²) in [7, 11) is 0. The molecule has 2 nitrogen and oxygen atoms in total. The molecule has 1 aliphatic rings. The Hall–Kier alpha value is -6.81. The topological polar surface area (TPSA) is 9.86 Å². The Labute approximate surface area is 322 Å². The van der Waals surface area contributed by atoms with Gasteiger partial charge in [0.15, 0.2) is 0 Å². The van der Waals surface area contributed by atoms with E-state index in [4.69, 9.17) is 0 Å². The van der Waals surface area contributed by atoms with Gasteiger partial charge in [0.1, 0.15) is 0 Å². The van der Waals surface area contributed by atoms with Gasteiger partial charge in [-0.1, -0.05) is 145 Å². The number of benzene rings is 9. The lowest BCUT2D eigenvalue weighted by atomic mass is 9.93. The van der Waals surface area contributed by atoms with E-state index in [0.717, 1.165) is 5.69 Å². The van der Waals surface area contributed by atoms with Crippen LogP contribution in [0.5, 0.6) is 0 Å². The van der Waals surface area contributed by atoms with E-state index >= 15 is 0 Å². The third-order valence-electron chi connectivity index (χ3n) is 11.5. The van der Waals surface area contributed by atoms with Crippen molar-refractivity contribution in [1.82, 2.24) is 9.13 Å². The van der Waals surface area contributed by atoms with Crippen LogP contribution >= 0.6 is 11.8 Å². The van der Waals surface area contributed by atoms with E-state index in [9.17, 15) is 0 Å². The van der Waals surface area contributed by atoms with Gasteiger partial charge >= 0.3 is 0 Å². The molecule has 0 atom stereocenters. The van der Waals surface area contributed by atoms with Gasteiger partial charge in [0.2, 0.25) is 0 Å². The molecule has 0 fully saturated rings. The molecule has 3 heterocycles. The molecule has 0 saturated heterocycles. The number of aromatic nitrogens is 2. The van der Waals surface area contributed by atoms with Gasteiger partial charge in [0.25, 0.3) is 0 Å². The van der Waals surface area contributed by atoms with E-state index in [2.05, 4.69) is 203 Å². The quantitative estimate of drug-likeness (QED) is 0.176. The van der Waals surface area contributed by atoms with Crippen LogP contribution in [0.1, 0.15) is 0 Å². The second-order valence-corrected chi connectivity index (χ2v) is 15.6. The smallest absolute Gasteiger partial charge is 0.0553 e. The molecule has 9 aromatic carbocycles. The third-order valence-corrected chi connectivity index (χ3v) is 12.6. The van der Waals surface area contributed by atoms with Gasteiger partial charge in [0.05, 0.1) is 22.1 Å². The lowest BCUT2D eigenvalue weighted by Crippen LogP contribution is -1.97. The maximum absolute atomic E-state index is 2.46. The van der Waals surface area contributed by atoms with Crippen LogP contribution in [0, 0.1) is 0 Å². The zero-order valence-corrected chi connectivity index (χ0v) is 30.6. The van der Waals surface area contributed by atoms with Crippen molar-refractivity contribution in [2.75, 3.05) is 0 Å². The van der Waals surface area contributed by atoms with Crippen LogP contribution in [0.4, 0.5) is 0 Å². The number of fused-ring (bicyclic) bond motifs is 9. The van der Waals surface area contributed by atoms with Gasteiger partial charge in [-0.05, 0) is 99.4 Å². The molecular formula is C52H32N2S. The molecule has 0 bridgehead atoms. The van der Waals surface area contributed by atoms with E-state index in [0.29, 0.717) is 0 Å². The summed E-state index contributed by atoms with van der Waals surface area (Å²) >= 11 is 1.90. The van der Waals surface area contributed by atoms with Gasteiger partial charge in [-0.3, -0.25) is 0 Å². The lowest BCUT2D eigenvalue weighted by Gasteiger charge is -2.22. The molecule has 0 N–H and O–H groups in total. The fourth-order valence-corrected chi connectivity index (χ4v) is 10.2. The molecule has 256 valence electrons. The van der Waals surface area contributed by atoms with Crippen LogP contribution in [0.15, 0.2) is 204 Å². The summed E-state index contributed by atoms with van der Waals surface area (Å²) in [6.45, 7) is 0. The highest BCUT2D eigenvalue weighted by Gasteiger charge is 2.25. The standard InChI is InChI=1S/C52H32N2S/c1-3-12-33(13-4-1)34-22-26-38(27-23-34)54-46-20-10-8-17-42(46)51-43-18-11-21-49-52(43)44(32-48(51)54)41-29-25-36(31-50(41)55-49)35-24-28-40-39-16-7-9-19-45(39)53(47(40)30-35)37-14-5-2-6-15-37/h1-32H. The van der Waals surface area contributed by atoms with Crippen molar-refractivity contribution in [3.63, 3.8) is 0 Å². The summed E-state index contributed by atoms with van der Waals surface area (Å²) in [6.07, 6.45) is 0. The minimum atomic E-state index is 1.16. The van der Waals surface area contributed by atoms with Crippen LogP contribution in [-0.2, 0) is 0 Å². The van der Waals surface area contributed by atoms with Crippen LogP contribution in [0.25, 0.3) is 99.1 Å². The Bertz CT molecular complexity index is 3320. The van der Waals surface area contributed by atoms with Crippen LogP contribution < -0.4 is 0 Å². The Morgan fingerprint density at radius 2 is 0.873 bits per heavy atom. The Balaban J connectivity index is 1.04. The van der Waals surface area contributed by atoms with Crippen molar-refractivity contribution in [2.24, 2.45) is 0 Å². The van der Waals surface area contributed by atoms with Crippen LogP contribution in [0.2, 0.25) is 0 Å². The van der Waals surface area contributed by atoms with E-state index in [-0.39, 0.29) is 0 Å². The molecule has 3 heteroatoms. The number of hydrogen-bond donors (Lipinski definition) is 0. The van der Waals surface area contributed by atoms with Crippen molar-refractivity contribution in [3.8, 4) is 44.8 Å². The number of rotatable bonds is 4. The highest BCUT2D eigenvalue weighted by molar-refractivity contribution is 7.99.